The van der Waals surface area contributed by atoms with E-state index in [0.717, 1.165) is 42.2 Å². The van der Waals surface area contributed by atoms with Crippen molar-refractivity contribution in [3.05, 3.63) is 65.5 Å². The van der Waals surface area contributed by atoms with Gasteiger partial charge < -0.3 is 25.6 Å². The maximum Gasteiger partial charge on any atom is 0.253 e. The van der Waals surface area contributed by atoms with Gasteiger partial charge in [0.15, 0.2) is 5.82 Å². The second kappa shape index (κ2) is 9.43. The summed E-state index contributed by atoms with van der Waals surface area (Å²) in [6.45, 7) is 3.31. The van der Waals surface area contributed by atoms with Crippen molar-refractivity contribution in [1.82, 2.24) is 15.3 Å². The molecule has 2 aromatic carbocycles. The molecule has 0 bridgehead atoms. The third kappa shape index (κ3) is 4.59. The summed E-state index contributed by atoms with van der Waals surface area (Å²) in [7, 11) is 1.62. The third-order valence-electron chi connectivity index (χ3n) is 5.46. The SMILES string of the molecule is CNC(=O)c1ccccc1Nc1nc(Nc2ccc(N3CCOCC3)cc2)nc2ccsc12. The first-order chi connectivity index (χ1) is 16.2. The van der Waals surface area contributed by atoms with Gasteiger partial charge >= 0.3 is 0 Å². The highest BCUT2D eigenvalue weighted by Gasteiger charge is 2.15. The van der Waals surface area contributed by atoms with Gasteiger partial charge in [-0.25, -0.2) is 4.98 Å². The summed E-state index contributed by atoms with van der Waals surface area (Å²) in [5.41, 5.74) is 4.15. The van der Waals surface area contributed by atoms with Crippen LogP contribution >= 0.6 is 11.3 Å². The molecule has 0 spiro atoms. The molecule has 1 amide bonds. The Balaban J connectivity index is 1.41. The monoisotopic (exact) mass is 460 g/mol. The van der Waals surface area contributed by atoms with Crippen LogP contribution in [0.25, 0.3) is 10.2 Å². The van der Waals surface area contributed by atoms with E-state index in [9.17, 15) is 4.79 Å². The molecule has 168 valence electrons. The smallest absolute Gasteiger partial charge is 0.253 e. The van der Waals surface area contributed by atoms with Crippen molar-refractivity contribution in [2.24, 2.45) is 0 Å². The fourth-order valence-corrected chi connectivity index (χ4v) is 4.54. The van der Waals surface area contributed by atoms with Gasteiger partial charge in [-0.2, -0.15) is 4.98 Å². The highest BCUT2D eigenvalue weighted by Crippen LogP contribution is 2.31. The second-order valence-electron chi connectivity index (χ2n) is 7.55. The topological polar surface area (TPSA) is 91.4 Å². The molecule has 1 fully saturated rings. The molecule has 0 aliphatic carbocycles. The third-order valence-corrected chi connectivity index (χ3v) is 6.37. The number of fused-ring (bicyclic) bond motifs is 1. The Morgan fingerprint density at radius 2 is 1.79 bits per heavy atom. The van der Waals surface area contributed by atoms with Gasteiger partial charge in [0, 0.05) is 31.5 Å². The summed E-state index contributed by atoms with van der Waals surface area (Å²) in [5.74, 6) is 0.979. The molecule has 3 N–H and O–H groups in total. The minimum atomic E-state index is -0.159. The average Bonchev–Trinajstić information content (AvgIpc) is 3.34. The Bertz CT molecular complexity index is 1270. The molecule has 1 aliphatic heterocycles. The van der Waals surface area contributed by atoms with Crippen LogP contribution in [0.5, 0.6) is 0 Å². The van der Waals surface area contributed by atoms with E-state index in [0.29, 0.717) is 23.0 Å². The lowest BCUT2D eigenvalue weighted by Gasteiger charge is -2.28. The average molecular weight is 461 g/mol. The number of aromatic nitrogens is 2. The molecule has 3 heterocycles. The number of hydrogen-bond donors (Lipinski definition) is 3. The quantitative estimate of drug-likeness (QED) is 0.393. The van der Waals surface area contributed by atoms with E-state index in [1.807, 2.05) is 41.8 Å². The number of anilines is 5. The molecule has 4 aromatic rings. The van der Waals surface area contributed by atoms with Crippen LogP contribution in [-0.2, 0) is 4.74 Å². The Hall–Kier alpha value is -3.69. The number of hydrogen-bond acceptors (Lipinski definition) is 8. The summed E-state index contributed by atoms with van der Waals surface area (Å²) in [5, 5.41) is 11.3. The molecule has 0 atom stereocenters. The highest BCUT2D eigenvalue weighted by atomic mass is 32.1. The van der Waals surface area contributed by atoms with Crippen molar-refractivity contribution in [2.75, 3.05) is 48.9 Å². The Labute approximate surface area is 195 Å². The van der Waals surface area contributed by atoms with Crippen molar-refractivity contribution >= 4 is 56.3 Å². The summed E-state index contributed by atoms with van der Waals surface area (Å²) >= 11 is 1.55. The Morgan fingerprint density at radius 1 is 1.00 bits per heavy atom. The van der Waals surface area contributed by atoms with Gasteiger partial charge in [-0.15, -0.1) is 11.3 Å². The van der Waals surface area contributed by atoms with E-state index >= 15 is 0 Å². The zero-order valence-corrected chi connectivity index (χ0v) is 19.0. The molecule has 8 nitrogen and oxygen atoms in total. The maximum absolute atomic E-state index is 12.3. The van der Waals surface area contributed by atoms with Crippen molar-refractivity contribution in [2.45, 2.75) is 0 Å². The van der Waals surface area contributed by atoms with Gasteiger partial charge in [0.2, 0.25) is 5.95 Å². The van der Waals surface area contributed by atoms with Crippen LogP contribution in [0.1, 0.15) is 10.4 Å². The van der Waals surface area contributed by atoms with Crippen LogP contribution in [0, 0.1) is 0 Å². The Morgan fingerprint density at radius 3 is 2.58 bits per heavy atom. The van der Waals surface area contributed by atoms with Crippen LogP contribution in [0.3, 0.4) is 0 Å². The van der Waals surface area contributed by atoms with Gasteiger partial charge in [-0.3, -0.25) is 4.79 Å². The summed E-state index contributed by atoms with van der Waals surface area (Å²) in [6.07, 6.45) is 0. The van der Waals surface area contributed by atoms with Crippen LogP contribution in [0.4, 0.5) is 28.8 Å². The molecule has 1 aliphatic rings. The minimum Gasteiger partial charge on any atom is -0.378 e. The number of benzene rings is 2. The lowest BCUT2D eigenvalue weighted by atomic mass is 10.1. The molecule has 0 saturated carbocycles. The fourth-order valence-electron chi connectivity index (χ4n) is 3.76. The second-order valence-corrected chi connectivity index (χ2v) is 8.47. The van der Waals surface area contributed by atoms with Gasteiger partial charge in [0.25, 0.3) is 5.91 Å². The largest absolute Gasteiger partial charge is 0.378 e. The van der Waals surface area contributed by atoms with Gasteiger partial charge in [-0.1, -0.05) is 12.1 Å². The summed E-state index contributed by atoms with van der Waals surface area (Å²) < 4.78 is 6.36. The fraction of sp³-hybridized carbons (Fsp3) is 0.208. The van der Waals surface area contributed by atoms with Crippen LogP contribution in [0.15, 0.2) is 60.0 Å². The van der Waals surface area contributed by atoms with E-state index in [-0.39, 0.29) is 5.91 Å². The lowest BCUT2D eigenvalue weighted by Crippen LogP contribution is -2.36. The molecule has 33 heavy (non-hydrogen) atoms. The predicted octanol–water partition coefficient (Wildman–Crippen LogP) is 4.37. The van der Waals surface area contributed by atoms with Gasteiger partial charge in [-0.05, 0) is 47.8 Å². The minimum absolute atomic E-state index is 0.159. The zero-order valence-electron chi connectivity index (χ0n) is 18.2. The van der Waals surface area contributed by atoms with E-state index in [1.165, 1.54) is 5.69 Å². The number of nitrogens with one attached hydrogen (secondary N) is 3. The van der Waals surface area contributed by atoms with E-state index in [1.54, 1.807) is 24.5 Å². The zero-order chi connectivity index (χ0) is 22.6. The number of rotatable bonds is 6. The first kappa shape index (κ1) is 21.2. The normalized spacial score (nSPS) is 13.7. The predicted molar refractivity (Wildman–Crippen MR) is 133 cm³/mol. The number of amides is 1. The first-order valence-electron chi connectivity index (χ1n) is 10.7. The van der Waals surface area contributed by atoms with Crippen LogP contribution in [0.2, 0.25) is 0 Å². The standard InChI is InChI=1S/C24H24N6O2S/c1-25-23(31)18-4-2-3-5-19(18)27-22-21-20(10-15-33-21)28-24(29-22)26-16-6-8-17(9-7-16)30-11-13-32-14-12-30/h2-10,15H,11-14H2,1H3,(H,25,31)(H2,26,27,28,29). The number of ether oxygens (including phenoxy) is 1. The van der Waals surface area contributed by atoms with Gasteiger partial charge in [0.05, 0.1) is 34.7 Å². The van der Waals surface area contributed by atoms with Crippen molar-refractivity contribution in [3.8, 4) is 0 Å². The molecule has 9 heteroatoms. The first-order valence-corrected chi connectivity index (χ1v) is 11.6. The molecule has 0 unspecified atom stereocenters. The van der Waals surface area contributed by atoms with E-state index in [2.05, 4.69) is 38.0 Å². The van der Waals surface area contributed by atoms with E-state index < -0.39 is 0 Å². The lowest BCUT2D eigenvalue weighted by molar-refractivity contribution is 0.0964. The van der Waals surface area contributed by atoms with Crippen molar-refractivity contribution in [3.63, 3.8) is 0 Å². The molecule has 2 aromatic heterocycles. The number of para-hydroxylation sites is 1. The number of nitrogens with zero attached hydrogens (tertiary/aromatic N) is 3. The number of carbonyl (C=O) groups excluding carboxylic acids is 1. The number of thiophene rings is 1. The molecular weight excluding hydrogens is 436 g/mol. The Kier molecular flexibility index (Phi) is 6.05. The van der Waals surface area contributed by atoms with Gasteiger partial charge in [0.1, 0.15) is 0 Å². The van der Waals surface area contributed by atoms with Crippen LogP contribution in [-0.4, -0.2) is 49.2 Å². The number of carbonyl (C=O) groups is 1. The number of morpholine rings is 1. The maximum atomic E-state index is 12.3. The molecular formula is C24H24N6O2S. The summed E-state index contributed by atoms with van der Waals surface area (Å²) in [6, 6.07) is 17.6. The van der Waals surface area contributed by atoms with Crippen molar-refractivity contribution < 1.29 is 9.53 Å². The highest BCUT2D eigenvalue weighted by molar-refractivity contribution is 7.17. The van der Waals surface area contributed by atoms with Crippen LogP contribution < -0.4 is 20.9 Å². The van der Waals surface area contributed by atoms with Crippen molar-refractivity contribution in [1.29, 1.82) is 0 Å². The molecule has 5 rings (SSSR count). The summed E-state index contributed by atoms with van der Waals surface area (Å²) in [4.78, 5) is 24.0. The molecule has 0 radical (unpaired) electrons. The van der Waals surface area contributed by atoms with E-state index in [4.69, 9.17) is 9.72 Å². The molecule has 1 saturated heterocycles.